The quantitative estimate of drug-likeness (QED) is 0.597. The number of rotatable bonds is 4. The SMILES string of the molecule is COc1ccccc1NC(=O)c1c(NC(=O)C(C)(C)C)sc2c1CCC(C(C)(C)C)C2. The molecule has 2 aromatic rings. The third-order valence-corrected chi connectivity index (χ3v) is 7.15. The van der Waals surface area contributed by atoms with E-state index in [0.717, 1.165) is 24.8 Å². The number of fused-ring (bicyclic) bond motifs is 1. The molecule has 5 nitrogen and oxygen atoms in total. The lowest BCUT2D eigenvalue weighted by molar-refractivity contribution is -0.123. The first kappa shape index (κ1) is 23.3. The predicted molar refractivity (Wildman–Crippen MR) is 128 cm³/mol. The number of hydrogen-bond donors (Lipinski definition) is 2. The number of para-hydroxylation sites is 2. The first-order chi connectivity index (χ1) is 14.4. The van der Waals surface area contributed by atoms with Crippen LogP contribution in [0, 0.1) is 16.7 Å². The van der Waals surface area contributed by atoms with E-state index in [1.807, 2.05) is 45.0 Å². The predicted octanol–water partition coefficient (Wildman–Crippen LogP) is 6.14. The maximum Gasteiger partial charge on any atom is 0.259 e. The van der Waals surface area contributed by atoms with Crippen molar-refractivity contribution in [3.8, 4) is 5.75 Å². The number of thiophene rings is 1. The minimum atomic E-state index is -0.547. The molecule has 6 heteroatoms. The molecule has 3 rings (SSSR count). The van der Waals surface area contributed by atoms with Gasteiger partial charge in [-0.1, -0.05) is 53.7 Å². The van der Waals surface area contributed by atoms with E-state index in [1.54, 1.807) is 18.4 Å². The zero-order chi connectivity index (χ0) is 23.0. The second-order valence-electron chi connectivity index (χ2n) is 10.4. The van der Waals surface area contributed by atoms with E-state index < -0.39 is 5.41 Å². The van der Waals surface area contributed by atoms with Crippen molar-refractivity contribution in [3.63, 3.8) is 0 Å². The summed E-state index contributed by atoms with van der Waals surface area (Å²) in [6.45, 7) is 12.4. The Bertz CT molecular complexity index is 980. The van der Waals surface area contributed by atoms with Crippen LogP contribution in [0.15, 0.2) is 24.3 Å². The lowest BCUT2D eigenvalue weighted by Gasteiger charge is -2.33. The summed E-state index contributed by atoms with van der Waals surface area (Å²) in [4.78, 5) is 27.4. The molecule has 1 unspecified atom stereocenters. The van der Waals surface area contributed by atoms with Gasteiger partial charge in [-0.05, 0) is 48.3 Å². The van der Waals surface area contributed by atoms with Crippen LogP contribution in [0.2, 0.25) is 0 Å². The molecule has 31 heavy (non-hydrogen) atoms. The Kier molecular flexibility index (Phi) is 6.51. The summed E-state index contributed by atoms with van der Waals surface area (Å²) in [5.41, 5.74) is 1.94. The molecule has 1 atom stereocenters. The molecule has 0 fully saturated rings. The van der Waals surface area contributed by atoms with Gasteiger partial charge in [-0.15, -0.1) is 11.3 Å². The molecule has 0 bridgehead atoms. The Morgan fingerprint density at radius 2 is 1.74 bits per heavy atom. The van der Waals surface area contributed by atoms with Crippen molar-refractivity contribution in [1.29, 1.82) is 0 Å². The van der Waals surface area contributed by atoms with Crippen molar-refractivity contribution >= 4 is 33.8 Å². The Labute approximate surface area is 189 Å². The van der Waals surface area contributed by atoms with E-state index >= 15 is 0 Å². The number of amides is 2. The van der Waals surface area contributed by atoms with Crippen molar-refractivity contribution in [1.82, 2.24) is 0 Å². The maximum atomic E-state index is 13.4. The average Bonchev–Trinajstić information content (AvgIpc) is 3.04. The fourth-order valence-electron chi connectivity index (χ4n) is 3.88. The van der Waals surface area contributed by atoms with Crippen LogP contribution in [-0.4, -0.2) is 18.9 Å². The van der Waals surface area contributed by atoms with Crippen LogP contribution >= 0.6 is 11.3 Å². The topological polar surface area (TPSA) is 67.4 Å². The zero-order valence-corrected chi connectivity index (χ0v) is 20.5. The van der Waals surface area contributed by atoms with Gasteiger partial charge in [-0.2, -0.15) is 0 Å². The highest BCUT2D eigenvalue weighted by molar-refractivity contribution is 7.17. The van der Waals surface area contributed by atoms with Crippen molar-refractivity contribution in [3.05, 3.63) is 40.3 Å². The lowest BCUT2D eigenvalue weighted by atomic mass is 9.72. The van der Waals surface area contributed by atoms with Crippen LogP contribution in [0.3, 0.4) is 0 Å². The van der Waals surface area contributed by atoms with Gasteiger partial charge >= 0.3 is 0 Å². The first-order valence-electron chi connectivity index (χ1n) is 10.8. The molecule has 1 aromatic heterocycles. The molecule has 168 valence electrons. The molecule has 0 spiro atoms. The average molecular weight is 443 g/mol. The van der Waals surface area contributed by atoms with Crippen LogP contribution in [0.4, 0.5) is 10.7 Å². The Morgan fingerprint density at radius 1 is 1.06 bits per heavy atom. The van der Waals surface area contributed by atoms with E-state index in [2.05, 4.69) is 31.4 Å². The standard InChI is InChI=1S/C25H34N2O3S/c1-24(2,3)15-12-13-16-19(14-15)31-22(27-23(29)25(4,5)6)20(16)21(28)26-17-10-8-9-11-18(17)30-7/h8-11,15H,12-14H2,1-7H3,(H,26,28)(H,27,29). The second kappa shape index (κ2) is 8.65. The number of carbonyl (C=O) groups excluding carboxylic acids is 2. The van der Waals surface area contributed by atoms with Gasteiger partial charge in [0.15, 0.2) is 0 Å². The highest BCUT2D eigenvalue weighted by Gasteiger charge is 2.35. The summed E-state index contributed by atoms with van der Waals surface area (Å²) in [5, 5.41) is 6.69. The summed E-state index contributed by atoms with van der Waals surface area (Å²) in [6.07, 6.45) is 2.81. The van der Waals surface area contributed by atoms with E-state index in [-0.39, 0.29) is 17.2 Å². The van der Waals surface area contributed by atoms with Crippen LogP contribution < -0.4 is 15.4 Å². The first-order valence-corrected chi connectivity index (χ1v) is 11.6. The molecule has 0 saturated heterocycles. The van der Waals surface area contributed by atoms with Crippen molar-refractivity contribution < 1.29 is 14.3 Å². The Balaban J connectivity index is 2.00. The number of ether oxygens (including phenoxy) is 1. The Hall–Kier alpha value is -2.34. The van der Waals surface area contributed by atoms with Crippen molar-refractivity contribution in [2.45, 2.75) is 60.8 Å². The van der Waals surface area contributed by atoms with Crippen LogP contribution in [0.1, 0.15) is 68.8 Å². The van der Waals surface area contributed by atoms with Gasteiger partial charge in [0, 0.05) is 10.3 Å². The molecular weight excluding hydrogens is 408 g/mol. The fourth-order valence-corrected chi connectivity index (χ4v) is 5.20. The molecule has 1 aliphatic carbocycles. The molecule has 2 N–H and O–H groups in total. The monoisotopic (exact) mass is 442 g/mol. The minimum absolute atomic E-state index is 0.0928. The molecule has 1 heterocycles. The van der Waals surface area contributed by atoms with Crippen LogP contribution in [0.25, 0.3) is 0 Å². The van der Waals surface area contributed by atoms with Gasteiger partial charge < -0.3 is 15.4 Å². The summed E-state index contributed by atoms with van der Waals surface area (Å²) >= 11 is 1.55. The molecular formula is C25H34N2O3S. The lowest BCUT2D eigenvalue weighted by Crippen LogP contribution is -2.29. The third-order valence-electron chi connectivity index (χ3n) is 5.98. The fraction of sp³-hybridized carbons (Fsp3) is 0.520. The number of nitrogens with one attached hydrogen (secondary N) is 2. The molecule has 1 aliphatic rings. The van der Waals surface area contributed by atoms with E-state index in [9.17, 15) is 9.59 Å². The number of methoxy groups -OCH3 is 1. The van der Waals surface area contributed by atoms with Gasteiger partial charge in [0.25, 0.3) is 5.91 Å². The maximum absolute atomic E-state index is 13.4. The number of hydrogen-bond acceptors (Lipinski definition) is 4. The third kappa shape index (κ3) is 5.12. The largest absolute Gasteiger partial charge is 0.495 e. The summed E-state index contributed by atoms with van der Waals surface area (Å²) < 4.78 is 5.39. The molecule has 0 radical (unpaired) electrons. The van der Waals surface area contributed by atoms with Crippen LogP contribution in [0.5, 0.6) is 5.75 Å². The summed E-state index contributed by atoms with van der Waals surface area (Å²) in [5.74, 6) is 0.855. The van der Waals surface area contributed by atoms with E-state index in [4.69, 9.17) is 4.74 Å². The van der Waals surface area contributed by atoms with Gasteiger partial charge in [0.05, 0.1) is 18.4 Å². The normalized spacial score (nSPS) is 16.4. The van der Waals surface area contributed by atoms with Crippen LogP contribution in [-0.2, 0) is 17.6 Å². The molecule has 0 aliphatic heterocycles. The highest BCUT2D eigenvalue weighted by atomic mass is 32.1. The number of carbonyl (C=O) groups is 2. The van der Waals surface area contributed by atoms with Gasteiger partial charge in [0.1, 0.15) is 10.8 Å². The van der Waals surface area contributed by atoms with Crippen molar-refractivity contribution in [2.24, 2.45) is 16.7 Å². The van der Waals surface area contributed by atoms with Gasteiger partial charge in [-0.3, -0.25) is 9.59 Å². The smallest absolute Gasteiger partial charge is 0.259 e. The second-order valence-corrected chi connectivity index (χ2v) is 11.5. The number of benzene rings is 1. The number of anilines is 2. The Morgan fingerprint density at radius 3 is 2.35 bits per heavy atom. The minimum Gasteiger partial charge on any atom is -0.495 e. The van der Waals surface area contributed by atoms with Gasteiger partial charge in [0.2, 0.25) is 5.91 Å². The van der Waals surface area contributed by atoms with E-state index in [0.29, 0.717) is 27.9 Å². The zero-order valence-electron chi connectivity index (χ0n) is 19.6. The summed E-state index contributed by atoms with van der Waals surface area (Å²) in [6, 6.07) is 7.35. The van der Waals surface area contributed by atoms with Gasteiger partial charge in [-0.25, -0.2) is 0 Å². The van der Waals surface area contributed by atoms with E-state index in [1.165, 1.54) is 4.88 Å². The molecule has 2 amide bonds. The molecule has 0 saturated carbocycles. The highest BCUT2D eigenvalue weighted by Crippen LogP contribution is 2.45. The summed E-state index contributed by atoms with van der Waals surface area (Å²) in [7, 11) is 1.58. The molecule has 1 aromatic carbocycles. The van der Waals surface area contributed by atoms with Crippen molar-refractivity contribution in [2.75, 3.05) is 17.7 Å².